The molecule has 27 heavy (non-hydrogen) atoms. The van der Waals surface area contributed by atoms with Gasteiger partial charge >= 0.3 is 5.69 Å². The number of nitrogens with two attached hydrogens (primary N) is 1. The summed E-state index contributed by atoms with van der Waals surface area (Å²) in [5, 5.41) is 18.8. The third kappa shape index (κ3) is 3.76. The summed E-state index contributed by atoms with van der Waals surface area (Å²) in [7, 11) is 0. The van der Waals surface area contributed by atoms with Crippen LogP contribution in [0.4, 0.5) is 5.69 Å². The van der Waals surface area contributed by atoms with E-state index in [-0.39, 0.29) is 18.2 Å². The second kappa shape index (κ2) is 6.86. The zero-order valence-electron chi connectivity index (χ0n) is 14.5. The topological polar surface area (TPSA) is 152 Å². The zero-order chi connectivity index (χ0) is 19.6. The fourth-order valence-electron chi connectivity index (χ4n) is 2.26. The van der Waals surface area contributed by atoms with Crippen molar-refractivity contribution in [2.24, 2.45) is 5.73 Å². The zero-order valence-corrected chi connectivity index (χ0v) is 14.5. The van der Waals surface area contributed by atoms with Crippen LogP contribution in [0.15, 0.2) is 41.2 Å². The highest BCUT2D eigenvalue weighted by Crippen LogP contribution is 2.28. The van der Waals surface area contributed by atoms with Crippen molar-refractivity contribution in [3.8, 4) is 17.1 Å². The molecule has 0 bridgehead atoms. The Morgan fingerprint density at radius 1 is 1.37 bits per heavy atom. The molecule has 3 rings (SSSR count). The molecule has 0 unspecified atom stereocenters. The van der Waals surface area contributed by atoms with Gasteiger partial charge in [0.1, 0.15) is 23.7 Å². The Labute approximate surface area is 152 Å². The summed E-state index contributed by atoms with van der Waals surface area (Å²) in [5.74, 6) is 0.485. The maximum absolute atomic E-state index is 10.8. The first-order chi connectivity index (χ1) is 12.8. The van der Waals surface area contributed by atoms with Crippen molar-refractivity contribution in [2.45, 2.75) is 19.4 Å². The second-order valence-corrected chi connectivity index (χ2v) is 6.16. The van der Waals surface area contributed by atoms with Crippen LogP contribution in [-0.2, 0) is 10.3 Å². The smallest absolute Gasteiger partial charge is 0.307 e. The summed E-state index contributed by atoms with van der Waals surface area (Å²) in [6.07, 6.45) is 2.46. The van der Waals surface area contributed by atoms with Crippen LogP contribution in [0, 0.1) is 10.1 Å². The fraction of sp³-hybridized carbons (Fsp3) is 0.250. The predicted molar refractivity (Wildman–Crippen MR) is 91.7 cm³/mol. The summed E-state index contributed by atoms with van der Waals surface area (Å²) >= 11 is 0. The average molecular weight is 372 g/mol. The minimum atomic E-state index is -0.885. The van der Waals surface area contributed by atoms with E-state index in [9.17, 15) is 14.9 Å². The summed E-state index contributed by atoms with van der Waals surface area (Å²) in [6.45, 7) is 3.29. The van der Waals surface area contributed by atoms with E-state index in [2.05, 4.69) is 15.2 Å². The van der Waals surface area contributed by atoms with Gasteiger partial charge in [0.25, 0.3) is 11.8 Å². The molecule has 11 nitrogen and oxygen atoms in total. The van der Waals surface area contributed by atoms with Crippen molar-refractivity contribution in [1.29, 1.82) is 0 Å². The van der Waals surface area contributed by atoms with Crippen molar-refractivity contribution in [3.63, 3.8) is 0 Å². The largest absolute Gasteiger partial charge is 0.484 e. The van der Waals surface area contributed by atoms with Gasteiger partial charge in [-0.15, -0.1) is 0 Å². The van der Waals surface area contributed by atoms with E-state index in [0.29, 0.717) is 17.1 Å². The standard InChI is InChI=1S/C16H16N6O5/c1-16(2,21-8-11(7-18-21)22(24)25)15-19-14(20-27-15)10-3-5-12(6-4-10)26-9-13(17)23/h3-8H,9H2,1-2H3,(H2,17,23). The average Bonchev–Trinajstić information content (AvgIpc) is 3.30. The van der Waals surface area contributed by atoms with E-state index in [4.69, 9.17) is 15.0 Å². The van der Waals surface area contributed by atoms with Gasteiger partial charge < -0.3 is 15.0 Å². The third-order valence-corrected chi connectivity index (χ3v) is 3.80. The highest BCUT2D eigenvalue weighted by atomic mass is 16.6. The van der Waals surface area contributed by atoms with Crippen LogP contribution in [-0.4, -0.2) is 37.4 Å². The van der Waals surface area contributed by atoms with Crippen LogP contribution in [0.2, 0.25) is 0 Å². The Hall–Kier alpha value is -3.76. The van der Waals surface area contributed by atoms with Gasteiger partial charge in [-0.2, -0.15) is 10.1 Å². The molecule has 0 saturated carbocycles. The van der Waals surface area contributed by atoms with Gasteiger partial charge in [-0.25, -0.2) is 0 Å². The Bertz CT molecular complexity index is 975. The molecule has 2 heterocycles. The lowest BCUT2D eigenvalue weighted by Crippen LogP contribution is -2.28. The van der Waals surface area contributed by atoms with E-state index in [1.54, 1.807) is 38.1 Å². The molecule has 0 atom stereocenters. The Morgan fingerprint density at radius 2 is 2.07 bits per heavy atom. The number of primary amides is 1. The molecule has 0 fully saturated rings. The number of carbonyl (C=O) groups is 1. The highest BCUT2D eigenvalue weighted by Gasteiger charge is 2.32. The van der Waals surface area contributed by atoms with Gasteiger partial charge in [-0.3, -0.25) is 19.6 Å². The molecule has 1 amide bonds. The van der Waals surface area contributed by atoms with Crippen molar-refractivity contribution in [2.75, 3.05) is 6.61 Å². The monoisotopic (exact) mass is 372 g/mol. The number of rotatable bonds is 7. The number of aromatic nitrogens is 4. The van der Waals surface area contributed by atoms with E-state index in [1.165, 1.54) is 10.9 Å². The van der Waals surface area contributed by atoms with Crippen molar-refractivity contribution >= 4 is 11.6 Å². The molecule has 1 aromatic carbocycles. The molecular weight excluding hydrogens is 356 g/mol. The van der Waals surface area contributed by atoms with Crippen LogP contribution < -0.4 is 10.5 Å². The van der Waals surface area contributed by atoms with Gasteiger partial charge in [-0.1, -0.05) is 5.16 Å². The first-order valence-electron chi connectivity index (χ1n) is 7.82. The number of carbonyl (C=O) groups excluding carboxylic acids is 1. The van der Waals surface area contributed by atoms with Crippen LogP contribution in [0.25, 0.3) is 11.4 Å². The van der Waals surface area contributed by atoms with Crippen LogP contribution in [0.1, 0.15) is 19.7 Å². The fourth-order valence-corrected chi connectivity index (χ4v) is 2.26. The Kier molecular flexibility index (Phi) is 4.59. The van der Waals surface area contributed by atoms with Gasteiger partial charge in [0.05, 0.1) is 4.92 Å². The molecule has 3 aromatic rings. The van der Waals surface area contributed by atoms with Crippen molar-refractivity contribution < 1.29 is 19.0 Å². The van der Waals surface area contributed by atoms with Crippen LogP contribution >= 0.6 is 0 Å². The molecule has 2 aromatic heterocycles. The van der Waals surface area contributed by atoms with Crippen molar-refractivity contribution in [3.05, 3.63) is 52.7 Å². The maximum Gasteiger partial charge on any atom is 0.307 e. The molecule has 0 aliphatic rings. The molecule has 0 spiro atoms. The minimum absolute atomic E-state index is 0.130. The highest BCUT2D eigenvalue weighted by molar-refractivity contribution is 5.75. The second-order valence-electron chi connectivity index (χ2n) is 6.16. The molecule has 0 aliphatic heterocycles. The van der Waals surface area contributed by atoms with E-state index in [0.717, 1.165) is 6.20 Å². The molecule has 0 saturated heterocycles. The number of ether oxygens (including phenoxy) is 1. The lowest BCUT2D eigenvalue weighted by atomic mass is 10.1. The number of nitrogens with zero attached hydrogens (tertiary/aromatic N) is 5. The number of hydrogen-bond acceptors (Lipinski definition) is 8. The number of hydrogen-bond donors (Lipinski definition) is 1. The number of benzene rings is 1. The molecule has 0 aliphatic carbocycles. The van der Waals surface area contributed by atoms with E-state index >= 15 is 0 Å². The van der Waals surface area contributed by atoms with E-state index in [1.807, 2.05) is 0 Å². The number of amides is 1. The summed E-state index contributed by atoms with van der Waals surface area (Å²) in [5.41, 5.74) is 4.68. The van der Waals surface area contributed by atoms with Gasteiger partial charge in [-0.05, 0) is 38.1 Å². The maximum atomic E-state index is 10.8. The molecule has 140 valence electrons. The predicted octanol–water partition coefficient (Wildman–Crippen LogP) is 1.49. The summed E-state index contributed by atoms with van der Waals surface area (Å²) in [4.78, 5) is 25.4. The Balaban J connectivity index is 1.80. The van der Waals surface area contributed by atoms with Crippen LogP contribution in [0.3, 0.4) is 0 Å². The lowest BCUT2D eigenvalue weighted by molar-refractivity contribution is -0.385. The van der Waals surface area contributed by atoms with Gasteiger partial charge in [0.15, 0.2) is 6.61 Å². The lowest BCUT2D eigenvalue weighted by Gasteiger charge is -2.19. The van der Waals surface area contributed by atoms with Crippen LogP contribution in [0.5, 0.6) is 5.75 Å². The minimum Gasteiger partial charge on any atom is -0.484 e. The summed E-state index contributed by atoms with van der Waals surface area (Å²) < 4.78 is 11.9. The van der Waals surface area contributed by atoms with E-state index < -0.39 is 16.4 Å². The number of nitro groups is 1. The Morgan fingerprint density at radius 3 is 2.67 bits per heavy atom. The van der Waals surface area contributed by atoms with Crippen molar-refractivity contribution in [1.82, 2.24) is 19.9 Å². The molecule has 0 radical (unpaired) electrons. The quantitative estimate of drug-likeness (QED) is 0.483. The first kappa shape index (κ1) is 18.0. The summed E-state index contributed by atoms with van der Waals surface area (Å²) in [6, 6.07) is 6.71. The van der Waals surface area contributed by atoms with Gasteiger partial charge in [0, 0.05) is 5.56 Å². The third-order valence-electron chi connectivity index (χ3n) is 3.80. The first-order valence-corrected chi connectivity index (χ1v) is 7.82. The van der Waals surface area contributed by atoms with Gasteiger partial charge in [0.2, 0.25) is 5.82 Å². The molecular formula is C16H16N6O5. The molecule has 11 heteroatoms. The normalized spacial score (nSPS) is 11.3. The molecule has 2 N–H and O–H groups in total. The SMILES string of the molecule is CC(C)(c1nc(-c2ccc(OCC(N)=O)cc2)no1)n1cc([N+](=O)[O-])cn1.